The number of benzene rings is 1. The lowest BCUT2D eigenvalue weighted by molar-refractivity contribution is 0.473. The number of thioether (sulfide) groups is 1. The van der Waals surface area contributed by atoms with Crippen LogP contribution in [0.5, 0.6) is 0 Å². The van der Waals surface area contributed by atoms with Crippen LogP contribution in [0.4, 0.5) is 4.39 Å². The van der Waals surface area contributed by atoms with Gasteiger partial charge in [0.15, 0.2) is 0 Å². The third-order valence-corrected chi connectivity index (χ3v) is 5.46. The summed E-state index contributed by atoms with van der Waals surface area (Å²) in [4.78, 5) is 0. The monoisotopic (exact) mass is 273 g/mol. The van der Waals surface area contributed by atoms with Gasteiger partial charge in [0.05, 0.1) is 5.02 Å². The molecule has 17 heavy (non-hydrogen) atoms. The Kier molecular flexibility index (Phi) is 4.01. The highest BCUT2D eigenvalue weighted by Gasteiger charge is 2.35. The maximum atomic E-state index is 13.8. The second-order valence-electron chi connectivity index (χ2n) is 4.79. The van der Waals surface area contributed by atoms with Crippen LogP contribution in [0.1, 0.15) is 25.3 Å². The summed E-state index contributed by atoms with van der Waals surface area (Å²) in [5.41, 5.74) is 6.86. The van der Waals surface area contributed by atoms with Crippen LogP contribution in [-0.2, 0) is 6.42 Å². The van der Waals surface area contributed by atoms with E-state index in [4.69, 9.17) is 17.3 Å². The van der Waals surface area contributed by atoms with Gasteiger partial charge in [0.25, 0.3) is 0 Å². The van der Waals surface area contributed by atoms with Crippen molar-refractivity contribution in [2.75, 3.05) is 5.75 Å². The Morgan fingerprint density at radius 3 is 3.00 bits per heavy atom. The molecule has 4 heteroatoms. The molecule has 1 nitrogen and oxygen atoms in total. The molecule has 2 N–H and O–H groups in total. The van der Waals surface area contributed by atoms with Crippen molar-refractivity contribution in [3.05, 3.63) is 34.6 Å². The van der Waals surface area contributed by atoms with Crippen LogP contribution in [-0.4, -0.2) is 16.5 Å². The Balaban J connectivity index is 2.12. The van der Waals surface area contributed by atoms with E-state index in [1.807, 2.05) is 11.8 Å². The van der Waals surface area contributed by atoms with Crippen molar-refractivity contribution in [3.8, 4) is 0 Å². The second-order valence-corrected chi connectivity index (χ2v) is 6.82. The lowest BCUT2D eigenvalue weighted by Gasteiger charge is -2.30. The number of hydrogen-bond donors (Lipinski definition) is 1. The van der Waals surface area contributed by atoms with E-state index in [1.54, 1.807) is 18.2 Å². The van der Waals surface area contributed by atoms with E-state index in [-0.39, 0.29) is 21.6 Å². The zero-order valence-electron chi connectivity index (χ0n) is 9.88. The van der Waals surface area contributed by atoms with Gasteiger partial charge >= 0.3 is 0 Å². The van der Waals surface area contributed by atoms with Gasteiger partial charge in [-0.05, 0) is 43.6 Å². The van der Waals surface area contributed by atoms with E-state index in [1.165, 1.54) is 6.42 Å². The topological polar surface area (TPSA) is 26.0 Å². The molecule has 1 fully saturated rings. The summed E-state index contributed by atoms with van der Waals surface area (Å²) >= 11 is 7.67. The van der Waals surface area contributed by atoms with E-state index in [2.05, 4.69) is 6.92 Å². The van der Waals surface area contributed by atoms with Gasteiger partial charge in [-0.2, -0.15) is 11.8 Å². The third-order valence-electron chi connectivity index (χ3n) is 3.51. The van der Waals surface area contributed by atoms with Gasteiger partial charge < -0.3 is 5.73 Å². The summed E-state index contributed by atoms with van der Waals surface area (Å²) in [5, 5.41) is 0.180. The smallest absolute Gasteiger partial charge is 0.145 e. The molecule has 94 valence electrons. The fraction of sp³-hybridized carbons (Fsp3) is 0.538. The molecule has 0 bridgehead atoms. The molecule has 2 unspecified atom stereocenters. The zero-order chi connectivity index (χ0) is 12.5. The maximum Gasteiger partial charge on any atom is 0.145 e. The predicted octanol–water partition coefficient (Wildman–Crippen LogP) is 3.63. The Morgan fingerprint density at radius 1 is 1.59 bits per heavy atom. The summed E-state index contributed by atoms with van der Waals surface area (Å²) in [7, 11) is 0. The molecule has 1 aromatic carbocycles. The molecule has 1 aliphatic heterocycles. The van der Waals surface area contributed by atoms with Crippen LogP contribution in [0, 0.1) is 5.82 Å². The Hall–Kier alpha value is -0.250. The van der Waals surface area contributed by atoms with Crippen LogP contribution in [0.2, 0.25) is 5.02 Å². The van der Waals surface area contributed by atoms with Crippen LogP contribution in [0.25, 0.3) is 0 Å². The van der Waals surface area contributed by atoms with E-state index in [0.717, 1.165) is 12.2 Å². The average molecular weight is 274 g/mol. The summed E-state index contributed by atoms with van der Waals surface area (Å²) in [5.74, 6) is 0.832. The zero-order valence-corrected chi connectivity index (χ0v) is 11.5. The van der Waals surface area contributed by atoms with E-state index in [0.29, 0.717) is 12.0 Å². The van der Waals surface area contributed by atoms with Crippen LogP contribution in [0.15, 0.2) is 18.2 Å². The van der Waals surface area contributed by atoms with Crippen LogP contribution >= 0.6 is 23.4 Å². The predicted molar refractivity (Wildman–Crippen MR) is 73.2 cm³/mol. The highest BCUT2D eigenvalue weighted by Crippen LogP contribution is 2.40. The molecule has 2 atom stereocenters. The van der Waals surface area contributed by atoms with Gasteiger partial charge in [-0.15, -0.1) is 0 Å². The van der Waals surface area contributed by atoms with Gasteiger partial charge in [0.1, 0.15) is 5.82 Å². The molecule has 0 spiro atoms. The largest absolute Gasteiger partial charge is 0.326 e. The normalized spacial score (nSPS) is 26.1. The van der Waals surface area contributed by atoms with Crippen molar-refractivity contribution in [3.63, 3.8) is 0 Å². The number of halogens is 2. The van der Waals surface area contributed by atoms with Crippen molar-refractivity contribution in [1.82, 2.24) is 0 Å². The van der Waals surface area contributed by atoms with Crippen LogP contribution < -0.4 is 5.73 Å². The second kappa shape index (κ2) is 5.17. The first-order valence-electron chi connectivity index (χ1n) is 5.85. The molecule has 0 aromatic heterocycles. The van der Waals surface area contributed by atoms with Crippen molar-refractivity contribution in [1.29, 1.82) is 0 Å². The maximum absolute atomic E-state index is 13.8. The van der Waals surface area contributed by atoms with E-state index < -0.39 is 0 Å². The molecule has 2 rings (SSSR count). The fourth-order valence-corrected chi connectivity index (χ4v) is 3.79. The van der Waals surface area contributed by atoms with Crippen molar-refractivity contribution in [2.45, 2.75) is 37.0 Å². The molecule has 1 heterocycles. The van der Waals surface area contributed by atoms with Crippen molar-refractivity contribution >= 4 is 23.4 Å². The molecule has 1 aliphatic rings. The first-order valence-corrected chi connectivity index (χ1v) is 7.22. The molecule has 0 aliphatic carbocycles. The van der Waals surface area contributed by atoms with Crippen molar-refractivity contribution in [2.24, 2.45) is 5.73 Å². The molecule has 0 saturated carbocycles. The minimum absolute atomic E-state index is 0.0250. The first-order chi connectivity index (χ1) is 8.03. The molecule has 1 aromatic rings. The van der Waals surface area contributed by atoms with Gasteiger partial charge in [0.2, 0.25) is 0 Å². The van der Waals surface area contributed by atoms with Gasteiger partial charge in [-0.25, -0.2) is 4.39 Å². The third kappa shape index (κ3) is 2.78. The minimum Gasteiger partial charge on any atom is -0.326 e. The van der Waals surface area contributed by atoms with Gasteiger partial charge in [-0.1, -0.05) is 23.7 Å². The summed E-state index contributed by atoms with van der Waals surface area (Å²) in [6.45, 7) is 2.18. The number of nitrogens with two attached hydrogens (primary N) is 1. The number of rotatable bonds is 3. The molecular formula is C13H17ClFNS. The first kappa shape index (κ1) is 13.2. The quantitative estimate of drug-likeness (QED) is 0.910. The molecule has 0 amide bonds. The minimum atomic E-state index is -0.323. The van der Waals surface area contributed by atoms with E-state index in [9.17, 15) is 4.39 Å². The molecular weight excluding hydrogens is 257 g/mol. The highest BCUT2D eigenvalue weighted by molar-refractivity contribution is 8.00. The molecule has 1 saturated heterocycles. The van der Waals surface area contributed by atoms with Crippen molar-refractivity contribution < 1.29 is 4.39 Å². The SMILES string of the molecule is CC1(C(N)Cc2cccc(Cl)c2F)CCCS1. The fourth-order valence-electron chi connectivity index (χ4n) is 2.25. The lowest BCUT2D eigenvalue weighted by Crippen LogP contribution is -2.43. The Labute approximate surface area is 111 Å². The molecule has 0 radical (unpaired) electrons. The van der Waals surface area contributed by atoms with E-state index >= 15 is 0 Å². The summed E-state index contributed by atoms with van der Waals surface area (Å²) < 4.78 is 13.9. The van der Waals surface area contributed by atoms with Gasteiger partial charge in [-0.3, -0.25) is 0 Å². The Bertz CT molecular complexity index is 404. The van der Waals surface area contributed by atoms with Gasteiger partial charge in [0, 0.05) is 10.8 Å². The summed E-state index contributed by atoms with van der Waals surface area (Å²) in [6.07, 6.45) is 2.86. The Morgan fingerprint density at radius 2 is 2.35 bits per heavy atom. The summed E-state index contributed by atoms with van der Waals surface area (Å²) in [6, 6.07) is 5.09. The standard InChI is InChI=1S/C13H17ClFNS/c1-13(6-3-7-17-13)11(16)8-9-4-2-5-10(14)12(9)15/h2,4-5,11H,3,6-8,16H2,1H3. The average Bonchev–Trinajstić information content (AvgIpc) is 2.73. The number of hydrogen-bond acceptors (Lipinski definition) is 2. The van der Waals surface area contributed by atoms with Crippen LogP contribution in [0.3, 0.4) is 0 Å². The highest BCUT2D eigenvalue weighted by atomic mass is 35.5. The lowest BCUT2D eigenvalue weighted by atomic mass is 9.91.